The molecule has 0 amide bonds. The number of aldehydes is 1. The number of furan rings is 1. The molecule has 0 aliphatic heterocycles. The van der Waals surface area contributed by atoms with E-state index in [4.69, 9.17) is 8.84 Å². The van der Waals surface area contributed by atoms with Crippen LogP contribution in [0.3, 0.4) is 0 Å². The van der Waals surface area contributed by atoms with E-state index in [1.807, 2.05) is 24.3 Å². The summed E-state index contributed by atoms with van der Waals surface area (Å²) in [5.74, 6) is 1.66. The number of hydrogen-bond donors (Lipinski definition) is 0. The molecule has 6 heteroatoms. The van der Waals surface area contributed by atoms with E-state index < -0.39 is 8.32 Å². The van der Waals surface area contributed by atoms with Crippen LogP contribution in [0.1, 0.15) is 56.1 Å². The molecule has 156 valence electrons. The number of thiophene rings is 2. The highest BCUT2D eigenvalue weighted by atomic mass is 32.1. The SMILES string of the molecule is CC(C)[Si](OCc1ccc(-c2ccc(-c3ccc(C=O)s3)o2)s1)(C(C)C)C(C)C. The van der Waals surface area contributed by atoms with Crippen molar-refractivity contribution in [2.45, 2.75) is 64.8 Å². The Balaban J connectivity index is 1.75. The van der Waals surface area contributed by atoms with Crippen LogP contribution >= 0.6 is 22.7 Å². The van der Waals surface area contributed by atoms with Crippen LogP contribution in [0.5, 0.6) is 0 Å². The molecule has 0 radical (unpaired) electrons. The van der Waals surface area contributed by atoms with E-state index in [1.54, 1.807) is 11.3 Å². The first kappa shape index (κ1) is 22.2. The third-order valence-electron chi connectivity index (χ3n) is 5.67. The van der Waals surface area contributed by atoms with Gasteiger partial charge in [-0.3, -0.25) is 4.79 Å². The van der Waals surface area contributed by atoms with Gasteiger partial charge in [-0.2, -0.15) is 0 Å². The molecular formula is C23H30O3S2Si. The van der Waals surface area contributed by atoms with E-state index in [0.29, 0.717) is 28.1 Å². The van der Waals surface area contributed by atoms with Gasteiger partial charge in [-0.15, -0.1) is 22.7 Å². The highest BCUT2D eigenvalue weighted by molar-refractivity contribution is 7.17. The molecule has 3 heterocycles. The van der Waals surface area contributed by atoms with Gasteiger partial charge >= 0.3 is 0 Å². The Morgan fingerprint density at radius 3 is 1.93 bits per heavy atom. The van der Waals surface area contributed by atoms with Crippen LogP contribution in [0.2, 0.25) is 16.6 Å². The fourth-order valence-corrected chi connectivity index (χ4v) is 11.6. The second kappa shape index (κ2) is 9.12. The van der Waals surface area contributed by atoms with Gasteiger partial charge in [-0.1, -0.05) is 41.5 Å². The Bertz CT molecular complexity index is 927. The van der Waals surface area contributed by atoms with Gasteiger partial charge in [0.15, 0.2) is 6.29 Å². The largest absolute Gasteiger partial charge is 0.454 e. The maximum Gasteiger partial charge on any atom is 0.200 e. The van der Waals surface area contributed by atoms with E-state index >= 15 is 0 Å². The Labute approximate surface area is 182 Å². The summed E-state index contributed by atoms with van der Waals surface area (Å²) in [5.41, 5.74) is 1.74. The summed E-state index contributed by atoms with van der Waals surface area (Å²) in [6.45, 7) is 14.6. The van der Waals surface area contributed by atoms with Crippen LogP contribution in [0.25, 0.3) is 21.3 Å². The lowest BCUT2D eigenvalue weighted by Crippen LogP contribution is -2.47. The molecule has 0 N–H and O–H groups in total. The van der Waals surface area contributed by atoms with Crippen molar-refractivity contribution in [3.05, 3.63) is 46.2 Å². The third kappa shape index (κ3) is 4.50. The lowest BCUT2D eigenvalue weighted by Gasteiger charge is -2.42. The molecule has 0 bridgehead atoms. The standard InChI is InChI=1S/C23H30O3S2Si/c1-15(2)29(16(3)4,17(5)6)25-14-19-8-12-23(28-19)21-10-9-20(26-21)22-11-7-18(13-24)27-22/h7-13,15-17H,14H2,1-6H3. The van der Waals surface area contributed by atoms with Gasteiger partial charge in [0.2, 0.25) is 8.32 Å². The average Bonchev–Trinajstić information content (AvgIpc) is 3.40. The van der Waals surface area contributed by atoms with Crippen molar-refractivity contribution in [3.8, 4) is 21.3 Å². The van der Waals surface area contributed by atoms with Crippen molar-refractivity contribution in [1.82, 2.24) is 0 Å². The molecule has 0 saturated heterocycles. The Morgan fingerprint density at radius 2 is 1.41 bits per heavy atom. The highest BCUT2D eigenvalue weighted by Gasteiger charge is 2.45. The maximum atomic E-state index is 10.9. The summed E-state index contributed by atoms with van der Waals surface area (Å²) < 4.78 is 12.8. The quantitative estimate of drug-likeness (QED) is 0.245. The summed E-state index contributed by atoms with van der Waals surface area (Å²) in [7, 11) is -1.87. The smallest absolute Gasteiger partial charge is 0.200 e. The molecule has 3 nitrogen and oxygen atoms in total. The van der Waals surface area contributed by atoms with Gasteiger partial charge in [0.1, 0.15) is 11.5 Å². The molecule has 0 atom stereocenters. The molecular weight excluding hydrogens is 416 g/mol. The average molecular weight is 447 g/mol. The second-order valence-corrected chi connectivity index (χ2v) is 16.1. The molecule has 3 aromatic heterocycles. The molecule has 0 fully saturated rings. The predicted molar refractivity (Wildman–Crippen MR) is 127 cm³/mol. The zero-order valence-electron chi connectivity index (χ0n) is 18.0. The van der Waals surface area contributed by atoms with Crippen molar-refractivity contribution < 1.29 is 13.6 Å². The summed E-state index contributed by atoms with van der Waals surface area (Å²) in [6, 6.07) is 12.0. The molecule has 3 rings (SSSR count). The minimum Gasteiger partial charge on any atom is -0.454 e. The molecule has 3 aromatic rings. The number of rotatable bonds is 9. The number of carbonyl (C=O) groups is 1. The number of carbonyl (C=O) groups excluding carboxylic acids is 1. The Hall–Kier alpha value is -1.47. The summed E-state index contributed by atoms with van der Waals surface area (Å²) >= 11 is 3.18. The first-order chi connectivity index (χ1) is 13.8. The zero-order valence-corrected chi connectivity index (χ0v) is 20.7. The molecule has 0 aromatic carbocycles. The van der Waals surface area contributed by atoms with Crippen LogP contribution < -0.4 is 0 Å². The molecule has 0 aliphatic carbocycles. The normalized spacial score (nSPS) is 12.4. The Morgan fingerprint density at radius 1 is 0.862 bits per heavy atom. The maximum absolute atomic E-state index is 10.9. The number of hydrogen-bond acceptors (Lipinski definition) is 5. The molecule has 0 spiro atoms. The van der Waals surface area contributed by atoms with Crippen molar-refractivity contribution in [2.24, 2.45) is 0 Å². The first-order valence-electron chi connectivity index (χ1n) is 10.2. The van der Waals surface area contributed by atoms with Crippen LogP contribution in [0.4, 0.5) is 0 Å². The predicted octanol–water partition coefficient (Wildman–Crippen LogP) is 8.24. The van der Waals surface area contributed by atoms with E-state index in [2.05, 4.69) is 53.7 Å². The topological polar surface area (TPSA) is 39.4 Å². The van der Waals surface area contributed by atoms with Crippen molar-refractivity contribution in [3.63, 3.8) is 0 Å². The summed E-state index contributed by atoms with van der Waals surface area (Å²) in [6.07, 6.45) is 0.873. The molecule has 0 unspecified atom stereocenters. The zero-order chi connectivity index (χ0) is 21.2. The van der Waals surface area contributed by atoms with Crippen molar-refractivity contribution >= 4 is 37.3 Å². The third-order valence-corrected chi connectivity index (χ3v) is 13.8. The van der Waals surface area contributed by atoms with Gasteiger partial charge in [-0.25, -0.2) is 0 Å². The summed E-state index contributed by atoms with van der Waals surface area (Å²) in [5, 5.41) is 0. The van der Waals surface area contributed by atoms with Crippen molar-refractivity contribution in [1.29, 1.82) is 0 Å². The van der Waals surface area contributed by atoms with Crippen LogP contribution in [0, 0.1) is 0 Å². The van der Waals surface area contributed by atoms with Gasteiger partial charge < -0.3 is 8.84 Å². The van der Waals surface area contributed by atoms with Gasteiger partial charge in [0.05, 0.1) is 21.2 Å². The highest BCUT2D eigenvalue weighted by Crippen LogP contribution is 2.43. The fraction of sp³-hybridized carbons (Fsp3) is 0.435. The van der Waals surface area contributed by atoms with Crippen LogP contribution in [-0.4, -0.2) is 14.6 Å². The summed E-state index contributed by atoms with van der Waals surface area (Å²) in [4.78, 5) is 14.9. The lowest BCUT2D eigenvalue weighted by atomic mass is 10.3. The molecule has 29 heavy (non-hydrogen) atoms. The van der Waals surface area contributed by atoms with E-state index in [-0.39, 0.29) is 0 Å². The van der Waals surface area contributed by atoms with Crippen LogP contribution in [-0.2, 0) is 11.0 Å². The monoisotopic (exact) mass is 446 g/mol. The van der Waals surface area contributed by atoms with E-state index in [9.17, 15) is 4.79 Å². The van der Waals surface area contributed by atoms with Gasteiger partial charge in [-0.05, 0) is 53.0 Å². The molecule has 0 aliphatic rings. The molecule has 0 saturated carbocycles. The van der Waals surface area contributed by atoms with Crippen LogP contribution in [0.15, 0.2) is 40.8 Å². The van der Waals surface area contributed by atoms with Gasteiger partial charge in [0.25, 0.3) is 0 Å². The fourth-order valence-electron chi connectivity index (χ4n) is 4.44. The minimum absolute atomic E-state index is 0.580. The van der Waals surface area contributed by atoms with E-state index in [1.165, 1.54) is 16.2 Å². The Kier molecular flexibility index (Phi) is 6.99. The van der Waals surface area contributed by atoms with Crippen molar-refractivity contribution in [2.75, 3.05) is 0 Å². The minimum atomic E-state index is -1.87. The van der Waals surface area contributed by atoms with E-state index in [0.717, 1.165) is 27.6 Å². The second-order valence-electron chi connectivity index (χ2n) is 8.36. The lowest BCUT2D eigenvalue weighted by molar-refractivity contribution is 0.112. The van der Waals surface area contributed by atoms with Gasteiger partial charge in [0, 0.05) is 4.88 Å². The first-order valence-corrected chi connectivity index (χ1v) is 13.9.